The van der Waals surface area contributed by atoms with Gasteiger partial charge in [-0.15, -0.1) is 16.1 Å². The number of hydrogen-bond acceptors (Lipinski definition) is 5. The quantitative estimate of drug-likeness (QED) is 0.521. The summed E-state index contributed by atoms with van der Waals surface area (Å²) in [7, 11) is 0. The first-order valence-corrected chi connectivity index (χ1v) is 9.99. The highest BCUT2D eigenvalue weighted by atomic mass is 32.1. The lowest BCUT2D eigenvalue weighted by molar-refractivity contribution is 0.258. The van der Waals surface area contributed by atoms with Crippen LogP contribution in [0.25, 0.3) is 10.4 Å². The summed E-state index contributed by atoms with van der Waals surface area (Å²) in [6.07, 6.45) is 0. The molecule has 1 N–H and O–H groups in total. The van der Waals surface area contributed by atoms with Crippen molar-refractivity contribution in [3.8, 4) is 16.2 Å². The van der Waals surface area contributed by atoms with E-state index in [1.165, 1.54) is 21.6 Å². The van der Waals surface area contributed by atoms with Gasteiger partial charge in [0.15, 0.2) is 0 Å². The zero-order valence-electron chi connectivity index (χ0n) is 16.1. The Balaban J connectivity index is 1.41. The van der Waals surface area contributed by atoms with Crippen molar-refractivity contribution in [2.75, 3.05) is 0 Å². The third-order valence-electron chi connectivity index (χ3n) is 4.65. The molecule has 4 aromatic rings. The van der Waals surface area contributed by atoms with Gasteiger partial charge in [0.1, 0.15) is 12.4 Å². The van der Waals surface area contributed by atoms with E-state index in [0.29, 0.717) is 6.61 Å². The van der Waals surface area contributed by atoms with Gasteiger partial charge in [0, 0.05) is 9.75 Å². The summed E-state index contributed by atoms with van der Waals surface area (Å²) < 4.78 is 11.7. The molecule has 0 aliphatic carbocycles. The Morgan fingerprint density at radius 1 is 1.00 bits per heavy atom. The number of aromatic amines is 1. The lowest BCUT2D eigenvalue weighted by Crippen LogP contribution is -2.17. The van der Waals surface area contributed by atoms with Crippen LogP contribution < -0.4 is 16.2 Å². The standard InChI is InChI=1S/C22H20N2O4S/c1-14-4-3-5-15(2)20(14)19-11-10-18(29-19)13-27-17-8-6-16(7-9-17)12-24-21(25)23-22(26)28-24/h3-11H,12-13H2,1-2H3,(H,23,25,26). The highest BCUT2D eigenvalue weighted by Crippen LogP contribution is 2.33. The third kappa shape index (κ3) is 4.25. The van der Waals surface area contributed by atoms with Crippen LogP contribution in [0.4, 0.5) is 0 Å². The second-order valence-corrected chi connectivity index (χ2v) is 7.98. The summed E-state index contributed by atoms with van der Waals surface area (Å²) in [5.41, 5.74) is 4.10. The molecular formula is C22H20N2O4S. The molecule has 7 heteroatoms. The first kappa shape index (κ1) is 19.0. The number of aromatic nitrogens is 2. The maximum Gasteiger partial charge on any atom is 0.440 e. The van der Waals surface area contributed by atoms with Gasteiger partial charge in [0.2, 0.25) is 0 Å². The Morgan fingerprint density at radius 3 is 2.38 bits per heavy atom. The van der Waals surface area contributed by atoms with E-state index in [4.69, 9.17) is 9.26 Å². The summed E-state index contributed by atoms with van der Waals surface area (Å²) in [4.78, 5) is 27.0. The molecule has 6 nitrogen and oxygen atoms in total. The molecule has 29 heavy (non-hydrogen) atoms. The zero-order chi connectivity index (χ0) is 20.4. The number of nitrogens with zero attached hydrogens (tertiary/aromatic N) is 1. The minimum atomic E-state index is -0.758. The fourth-order valence-electron chi connectivity index (χ4n) is 3.22. The van der Waals surface area contributed by atoms with Gasteiger partial charge >= 0.3 is 11.4 Å². The molecule has 0 spiro atoms. The Morgan fingerprint density at radius 2 is 1.72 bits per heavy atom. The highest BCUT2D eigenvalue weighted by Gasteiger charge is 2.09. The number of H-pyrrole nitrogens is 1. The molecule has 0 aliphatic heterocycles. The van der Waals surface area contributed by atoms with Crippen LogP contribution in [0, 0.1) is 13.8 Å². The first-order valence-electron chi connectivity index (χ1n) is 9.17. The molecule has 0 amide bonds. The molecule has 4 rings (SSSR count). The van der Waals surface area contributed by atoms with E-state index in [1.54, 1.807) is 11.3 Å². The van der Waals surface area contributed by atoms with Crippen molar-refractivity contribution in [2.24, 2.45) is 0 Å². The SMILES string of the molecule is Cc1cccc(C)c1-c1ccc(COc2ccc(Cn3oc(=O)[nH]c3=O)cc2)s1. The Kier molecular flexibility index (Phi) is 5.22. The zero-order valence-corrected chi connectivity index (χ0v) is 16.9. The molecular weight excluding hydrogens is 388 g/mol. The summed E-state index contributed by atoms with van der Waals surface area (Å²) in [6, 6.07) is 17.9. The average molecular weight is 408 g/mol. The average Bonchev–Trinajstić information content (AvgIpc) is 3.27. The van der Waals surface area contributed by atoms with E-state index in [1.807, 2.05) is 24.3 Å². The number of benzene rings is 2. The lowest BCUT2D eigenvalue weighted by atomic mass is 10.0. The molecule has 0 atom stereocenters. The van der Waals surface area contributed by atoms with Gasteiger partial charge in [0.05, 0.1) is 6.54 Å². The summed E-state index contributed by atoms with van der Waals surface area (Å²) in [6.45, 7) is 4.93. The number of hydrogen-bond donors (Lipinski definition) is 1. The van der Waals surface area contributed by atoms with Gasteiger partial charge in [-0.1, -0.05) is 30.3 Å². The highest BCUT2D eigenvalue weighted by molar-refractivity contribution is 7.15. The van der Waals surface area contributed by atoms with E-state index in [2.05, 4.69) is 49.2 Å². The van der Waals surface area contributed by atoms with E-state index >= 15 is 0 Å². The number of nitrogens with one attached hydrogen (secondary N) is 1. The number of aryl methyl sites for hydroxylation is 2. The molecule has 2 heterocycles. The van der Waals surface area contributed by atoms with Gasteiger partial charge in [-0.2, -0.15) is 0 Å². The van der Waals surface area contributed by atoms with E-state index in [9.17, 15) is 9.59 Å². The number of ether oxygens (including phenoxy) is 1. The third-order valence-corrected chi connectivity index (χ3v) is 5.72. The molecule has 0 aliphatic rings. The van der Waals surface area contributed by atoms with E-state index in [0.717, 1.165) is 20.9 Å². The van der Waals surface area contributed by atoms with Crippen molar-refractivity contribution < 1.29 is 9.26 Å². The number of thiophene rings is 1. The largest absolute Gasteiger partial charge is 0.488 e. The van der Waals surface area contributed by atoms with Crippen molar-refractivity contribution in [3.05, 3.63) is 97.2 Å². The van der Waals surface area contributed by atoms with Crippen LogP contribution in [0.3, 0.4) is 0 Å². The smallest absolute Gasteiger partial charge is 0.440 e. The van der Waals surface area contributed by atoms with Crippen LogP contribution in [0.1, 0.15) is 21.6 Å². The molecule has 0 saturated carbocycles. The maximum atomic E-state index is 11.5. The fourth-order valence-corrected chi connectivity index (χ4v) is 4.32. The molecule has 2 aromatic carbocycles. The minimum absolute atomic E-state index is 0.182. The van der Waals surface area contributed by atoms with Crippen molar-refractivity contribution in [1.29, 1.82) is 0 Å². The normalized spacial score (nSPS) is 11.0. The molecule has 0 fully saturated rings. The van der Waals surface area contributed by atoms with Crippen LogP contribution in [0.15, 0.2) is 68.7 Å². The van der Waals surface area contributed by atoms with E-state index < -0.39 is 11.4 Å². The van der Waals surface area contributed by atoms with Crippen LogP contribution >= 0.6 is 11.3 Å². The Hall–Kier alpha value is -3.32. The van der Waals surface area contributed by atoms with Crippen molar-refractivity contribution in [1.82, 2.24) is 9.72 Å². The second-order valence-electron chi connectivity index (χ2n) is 6.81. The van der Waals surface area contributed by atoms with Crippen LogP contribution in [0.2, 0.25) is 0 Å². The fraction of sp³-hybridized carbons (Fsp3) is 0.182. The molecule has 2 aromatic heterocycles. The van der Waals surface area contributed by atoms with Crippen LogP contribution in [0.5, 0.6) is 5.75 Å². The van der Waals surface area contributed by atoms with Crippen molar-refractivity contribution >= 4 is 11.3 Å². The van der Waals surface area contributed by atoms with Crippen LogP contribution in [-0.4, -0.2) is 9.72 Å². The van der Waals surface area contributed by atoms with Crippen molar-refractivity contribution in [3.63, 3.8) is 0 Å². The summed E-state index contributed by atoms with van der Waals surface area (Å²) >= 11 is 1.73. The molecule has 0 unspecified atom stereocenters. The lowest BCUT2D eigenvalue weighted by Gasteiger charge is -2.07. The molecule has 148 valence electrons. The first-order chi connectivity index (χ1) is 14.0. The Labute approximate surface area is 171 Å². The predicted octanol–water partition coefficient (Wildman–Crippen LogP) is 4.10. The van der Waals surface area contributed by atoms with Gasteiger partial charge in [0.25, 0.3) is 0 Å². The second kappa shape index (κ2) is 7.97. The molecule has 0 radical (unpaired) electrons. The van der Waals surface area contributed by atoms with Gasteiger partial charge in [-0.3, -0.25) is 0 Å². The topological polar surface area (TPSA) is 77.2 Å². The Bertz CT molecular complexity index is 1220. The van der Waals surface area contributed by atoms with Crippen LogP contribution in [-0.2, 0) is 13.2 Å². The molecule has 0 bridgehead atoms. The summed E-state index contributed by atoms with van der Waals surface area (Å²) in [5, 5.41) is 0. The monoisotopic (exact) mass is 408 g/mol. The van der Waals surface area contributed by atoms with Gasteiger partial charge in [-0.05, 0) is 60.4 Å². The molecule has 0 saturated heterocycles. The maximum absolute atomic E-state index is 11.5. The minimum Gasteiger partial charge on any atom is -0.488 e. The van der Waals surface area contributed by atoms with Gasteiger partial charge in [-0.25, -0.2) is 14.6 Å². The predicted molar refractivity (Wildman–Crippen MR) is 113 cm³/mol. The van der Waals surface area contributed by atoms with Gasteiger partial charge < -0.3 is 9.26 Å². The van der Waals surface area contributed by atoms with Crippen molar-refractivity contribution in [2.45, 2.75) is 27.0 Å². The number of rotatable bonds is 6. The van der Waals surface area contributed by atoms with E-state index in [-0.39, 0.29) is 6.54 Å². The summed E-state index contributed by atoms with van der Waals surface area (Å²) in [5.74, 6) is -0.0233.